The molecule has 8 heteroatoms. The third-order valence-electron chi connectivity index (χ3n) is 3.55. The highest BCUT2D eigenvalue weighted by Gasteiger charge is 2.35. The summed E-state index contributed by atoms with van der Waals surface area (Å²) in [5.41, 5.74) is 6.33. The van der Waals surface area contributed by atoms with E-state index >= 15 is 0 Å². The Morgan fingerprint density at radius 2 is 2.05 bits per heavy atom. The Hall–Kier alpha value is -2.09. The predicted octanol–water partition coefficient (Wildman–Crippen LogP) is 0.365. The molecule has 0 aromatic heterocycles. The lowest BCUT2D eigenvalue weighted by Crippen LogP contribution is -2.34. The lowest BCUT2D eigenvalue weighted by molar-refractivity contribution is -0.121. The molecule has 0 aliphatic carbocycles. The molecule has 7 nitrogen and oxygen atoms in total. The largest absolute Gasteiger partial charge is 0.478 e. The summed E-state index contributed by atoms with van der Waals surface area (Å²) < 4.78 is 22.9. The maximum absolute atomic E-state index is 12.3. The molecule has 3 N–H and O–H groups in total. The smallest absolute Gasteiger partial charge is 0.335 e. The lowest BCUT2D eigenvalue weighted by atomic mass is 10.1. The molecule has 1 fully saturated rings. The number of hydrogen-bond donors (Lipinski definition) is 2. The summed E-state index contributed by atoms with van der Waals surface area (Å²) in [6.45, 7) is 0. The summed E-state index contributed by atoms with van der Waals surface area (Å²) >= 11 is 0. The van der Waals surface area contributed by atoms with Crippen LogP contribution in [0.2, 0.25) is 0 Å². The van der Waals surface area contributed by atoms with E-state index in [2.05, 4.69) is 0 Å². The molecule has 1 aromatic carbocycles. The molecule has 1 aliphatic heterocycles. The fraction of sp³-hybridized carbons (Fsp3) is 0.385. The van der Waals surface area contributed by atoms with Crippen molar-refractivity contribution < 1.29 is 23.1 Å². The molecular formula is C13H16N2O5S. The van der Waals surface area contributed by atoms with Gasteiger partial charge in [0, 0.05) is 7.05 Å². The number of nitrogen functional groups attached to an aromatic ring is 1. The van der Waals surface area contributed by atoms with E-state index < -0.39 is 21.7 Å². The summed E-state index contributed by atoms with van der Waals surface area (Å²) in [7, 11) is -1.64. The van der Waals surface area contributed by atoms with Crippen LogP contribution in [0.4, 0.5) is 11.4 Å². The van der Waals surface area contributed by atoms with Gasteiger partial charge in [-0.3, -0.25) is 4.79 Å². The molecule has 114 valence electrons. The summed E-state index contributed by atoms with van der Waals surface area (Å²) in [6.07, 6.45) is 0.304. The topological polar surface area (TPSA) is 118 Å². The number of amides is 1. The highest BCUT2D eigenvalue weighted by atomic mass is 32.2. The second-order valence-electron chi connectivity index (χ2n) is 5.08. The molecular weight excluding hydrogens is 296 g/mol. The average Bonchev–Trinajstić information content (AvgIpc) is 2.77. The predicted molar refractivity (Wildman–Crippen MR) is 78.0 cm³/mol. The van der Waals surface area contributed by atoms with Gasteiger partial charge in [0.25, 0.3) is 0 Å². The van der Waals surface area contributed by atoms with E-state index in [-0.39, 0.29) is 28.7 Å². The summed E-state index contributed by atoms with van der Waals surface area (Å²) in [5.74, 6) is -2.14. The van der Waals surface area contributed by atoms with Crippen LogP contribution in [0.15, 0.2) is 18.2 Å². The second-order valence-corrected chi connectivity index (χ2v) is 7.30. The fourth-order valence-electron chi connectivity index (χ4n) is 2.38. The molecule has 0 radical (unpaired) electrons. The monoisotopic (exact) mass is 312 g/mol. The maximum Gasteiger partial charge on any atom is 0.335 e. The van der Waals surface area contributed by atoms with Gasteiger partial charge in [0.15, 0.2) is 9.84 Å². The zero-order valence-corrected chi connectivity index (χ0v) is 12.3. The van der Waals surface area contributed by atoms with Crippen LogP contribution in [0.25, 0.3) is 0 Å². The maximum atomic E-state index is 12.3. The van der Waals surface area contributed by atoms with Gasteiger partial charge in [-0.25, -0.2) is 13.2 Å². The standard InChI is InChI=1S/C13H16N2O5S/c1-15(12(16)9-4-5-21(19,20)7-9)11-3-2-8(13(17)18)6-10(11)14/h2-3,6,9H,4-5,7,14H2,1H3,(H,17,18). The summed E-state index contributed by atoms with van der Waals surface area (Å²) in [4.78, 5) is 24.4. The number of nitrogens with zero attached hydrogens (tertiary/aromatic N) is 1. The number of carboxylic acids is 1. The number of sulfone groups is 1. The van der Waals surface area contributed by atoms with E-state index in [0.29, 0.717) is 12.1 Å². The first-order chi connectivity index (χ1) is 9.71. The van der Waals surface area contributed by atoms with Crippen molar-refractivity contribution in [1.82, 2.24) is 0 Å². The highest BCUT2D eigenvalue weighted by molar-refractivity contribution is 7.91. The first-order valence-electron chi connectivity index (χ1n) is 6.32. The number of hydrogen-bond acceptors (Lipinski definition) is 5. The van der Waals surface area contributed by atoms with Crippen molar-refractivity contribution in [2.45, 2.75) is 6.42 Å². The molecule has 0 bridgehead atoms. The van der Waals surface area contributed by atoms with Crippen LogP contribution in [0.5, 0.6) is 0 Å². The zero-order valence-electron chi connectivity index (χ0n) is 11.4. The summed E-state index contributed by atoms with van der Waals surface area (Å²) in [5, 5.41) is 8.88. The number of aromatic carboxylic acids is 1. The van der Waals surface area contributed by atoms with Gasteiger partial charge in [0.1, 0.15) is 0 Å². The molecule has 1 aromatic rings. The molecule has 1 heterocycles. The van der Waals surface area contributed by atoms with E-state index in [1.807, 2.05) is 0 Å². The average molecular weight is 312 g/mol. The fourth-order valence-corrected chi connectivity index (χ4v) is 4.11. The van der Waals surface area contributed by atoms with Gasteiger partial charge in [-0.2, -0.15) is 0 Å². The number of carboxylic acid groups (broad SMARTS) is 1. The third-order valence-corrected chi connectivity index (χ3v) is 5.32. The molecule has 1 amide bonds. The first kappa shape index (κ1) is 15.3. The van der Waals surface area contributed by atoms with Gasteiger partial charge in [0.05, 0.1) is 34.4 Å². The van der Waals surface area contributed by atoms with Crippen molar-refractivity contribution in [2.75, 3.05) is 29.2 Å². The minimum Gasteiger partial charge on any atom is -0.478 e. The minimum atomic E-state index is -3.14. The number of carbonyl (C=O) groups excluding carboxylic acids is 1. The molecule has 0 spiro atoms. The SMILES string of the molecule is CN(C(=O)C1CCS(=O)(=O)C1)c1ccc(C(=O)O)cc1N. The van der Waals surface area contributed by atoms with E-state index in [1.54, 1.807) is 0 Å². The van der Waals surface area contributed by atoms with Crippen LogP contribution in [0.1, 0.15) is 16.8 Å². The van der Waals surface area contributed by atoms with Gasteiger partial charge >= 0.3 is 5.97 Å². The minimum absolute atomic E-state index is 0.0185. The van der Waals surface area contributed by atoms with Crippen LogP contribution in [-0.4, -0.2) is 44.0 Å². The first-order valence-corrected chi connectivity index (χ1v) is 8.14. The second kappa shape index (κ2) is 5.36. The van der Waals surface area contributed by atoms with Crippen molar-refractivity contribution in [3.8, 4) is 0 Å². The van der Waals surface area contributed by atoms with Crippen LogP contribution in [-0.2, 0) is 14.6 Å². The van der Waals surface area contributed by atoms with E-state index in [4.69, 9.17) is 10.8 Å². The zero-order chi connectivity index (χ0) is 15.8. The number of nitrogens with two attached hydrogens (primary N) is 1. The van der Waals surface area contributed by atoms with Gasteiger partial charge in [-0.15, -0.1) is 0 Å². The third kappa shape index (κ3) is 3.15. The molecule has 1 saturated heterocycles. The van der Waals surface area contributed by atoms with Crippen molar-refractivity contribution in [2.24, 2.45) is 5.92 Å². The normalized spacial score (nSPS) is 20.1. The molecule has 2 rings (SSSR count). The number of rotatable bonds is 3. The Kier molecular flexibility index (Phi) is 3.91. The number of carbonyl (C=O) groups is 2. The molecule has 1 unspecified atom stereocenters. The Balaban J connectivity index is 2.22. The number of benzene rings is 1. The molecule has 1 aliphatic rings. The number of anilines is 2. The van der Waals surface area contributed by atoms with Crippen molar-refractivity contribution in [1.29, 1.82) is 0 Å². The van der Waals surface area contributed by atoms with Crippen molar-refractivity contribution in [3.05, 3.63) is 23.8 Å². The van der Waals surface area contributed by atoms with Gasteiger partial charge in [-0.05, 0) is 24.6 Å². The van der Waals surface area contributed by atoms with Crippen LogP contribution < -0.4 is 10.6 Å². The Morgan fingerprint density at radius 3 is 2.52 bits per heavy atom. The Labute approximate surface area is 122 Å². The molecule has 0 saturated carbocycles. The van der Waals surface area contributed by atoms with Gasteiger partial charge in [-0.1, -0.05) is 0 Å². The van der Waals surface area contributed by atoms with Crippen LogP contribution in [0, 0.1) is 5.92 Å². The lowest BCUT2D eigenvalue weighted by Gasteiger charge is -2.22. The van der Waals surface area contributed by atoms with Crippen molar-refractivity contribution in [3.63, 3.8) is 0 Å². The Morgan fingerprint density at radius 1 is 1.38 bits per heavy atom. The van der Waals surface area contributed by atoms with Crippen LogP contribution >= 0.6 is 0 Å². The molecule has 21 heavy (non-hydrogen) atoms. The van der Waals surface area contributed by atoms with Gasteiger partial charge in [0.2, 0.25) is 5.91 Å². The van der Waals surface area contributed by atoms with Gasteiger partial charge < -0.3 is 15.7 Å². The van der Waals surface area contributed by atoms with E-state index in [0.717, 1.165) is 0 Å². The van der Waals surface area contributed by atoms with Crippen LogP contribution in [0.3, 0.4) is 0 Å². The highest BCUT2D eigenvalue weighted by Crippen LogP contribution is 2.27. The van der Waals surface area contributed by atoms with Crippen molar-refractivity contribution >= 4 is 33.1 Å². The van der Waals surface area contributed by atoms with E-state index in [9.17, 15) is 18.0 Å². The van der Waals surface area contributed by atoms with E-state index in [1.165, 1.54) is 30.1 Å². The quantitative estimate of drug-likeness (QED) is 0.778. The Bertz CT molecular complexity index is 699. The molecule has 1 atom stereocenters. The summed E-state index contributed by atoms with van der Waals surface area (Å²) in [6, 6.07) is 4.07.